The number of hydrogen-bond donors (Lipinski definition) is 11. The third-order valence-corrected chi connectivity index (χ3v) is 7.11. The lowest BCUT2D eigenvalue weighted by Gasteiger charge is -2.47. The fourth-order valence-corrected chi connectivity index (χ4v) is 5.01. The van der Waals surface area contributed by atoms with Gasteiger partial charge in [-0.2, -0.15) is 0 Å². The van der Waals surface area contributed by atoms with E-state index in [1.54, 1.807) is 0 Å². The van der Waals surface area contributed by atoms with Crippen molar-refractivity contribution < 1.29 is 44.8 Å². The van der Waals surface area contributed by atoms with Crippen LogP contribution in [0.3, 0.4) is 0 Å². The SMILES string of the molecule is C[C@@H](O)C1O[C@H](O[C@@H]2C(N)C[C@@H](N)C(O)[C@H]2O[C@@H]2C[C@H](CN=C(N)N)[C@H](O)C2O)C(N)[C@@H](O)[C@@H]1O. The van der Waals surface area contributed by atoms with E-state index in [2.05, 4.69) is 4.99 Å². The van der Waals surface area contributed by atoms with Gasteiger partial charge in [-0.05, 0) is 19.8 Å². The highest BCUT2D eigenvalue weighted by molar-refractivity contribution is 5.75. The predicted octanol–water partition coefficient (Wildman–Crippen LogP) is -6.29. The van der Waals surface area contributed by atoms with E-state index >= 15 is 0 Å². The van der Waals surface area contributed by atoms with Gasteiger partial charge in [0.05, 0.1) is 30.5 Å². The maximum atomic E-state index is 10.8. The van der Waals surface area contributed by atoms with Gasteiger partial charge in [0.2, 0.25) is 0 Å². The zero-order chi connectivity index (χ0) is 26.2. The molecule has 2 aliphatic carbocycles. The minimum atomic E-state index is -1.47. The summed E-state index contributed by atoms with van der Waals surface area (Å²) in [6, 6.07) is -2.73. The van der Waals surface area contributed by atoms with E-state index in [9.17, 15) is 30.6 Å². The molecule has 35 heavy (non-hydrogen) atoms. The van der Waals surface area contributed by atoms with Crippen LogP contribution in [-0.2, 0) is 14.2 Å². The predicted molar refractivity (Wildman–Crippen MR) is 121 cm³/mol. The van der Waals surface area contributed by atoms with Gasteiger partial charge in [-0.15, -0.1) is 0 Å². The lowest BCUT2D eigenvalue weighted by Crippen LogP contribution is -2.68. The van der Waals surface area contributed by atoms with Crippen LogP contribution in [-0.4, -0.2) is 129 Å². The topological polar surface area (TPSA) is 292 Å². The second kappa shape index (κ2) is 11.5. The molecule has 1 heterocycles. The van der Waals surface area contributed by atoms with E-state index in [-0.39, 0.29) is 25.3 Å². The number of nitrogens with two attached hydrogens (primary N) is 5. The summed E-state index contributed by atoms with van der Waals surface area (Å²) in [5.74, 6) is -0.658. The Balaban J connectivity index is 1.78. The maximum absolute atomic E-state index is 10.8. The molecule has 16 N–H and O–H groups in total. The summed E-state index contributed by atoms with van der Waals surface area (Å²) in [6.07, 6.45) is -13.1. The molecule has 204 valence electrons. The first kappa shape index (κ1) is 28.4. The molecule has 0 aromatic heterocycles. The van der Waals surface area contributed by atoms with Gasteiger partial charge >= 0.3 is 0 Å². The summed E-state index contributed by atoms with van der Waals surface area (Å²) in [4.78, 5) is 3.88. The van der Waals surface area contributed by atoms with Crippen LogP contribution in [0.5, 0.6) is 0 Å². The fourth-order valence-electron chi connectivity index (χ4n) is 5.01. The van der Waals surface area contributed by atoms with Gasteiger partial charge in [-0.25, -0.2) is 0 Å². The first-order valence-electron chi connectivity index (χ1n) is 11.7. The Morgan fingerprint density at radius 2 is 1.54 bits per heavy atom. The number of guanidine groups is 1. The van der Waals surface area contributed by atoms with Crippen molar-refractivity contribution in [3.63, 3.8) is 0 Å². The molecule has 0 spiro atoms. The van der Waals surface area contributed by atoms with Crippen molar-refractivity contribution in [2.45, 2.75) is 105 Å². The molecule has 0 aromatic carbocycles. The maximum Gasteiger partial charge on any atom is 0.185 e. The molecule has 2 saturated carbocycles. The quantitative estimate of drug-likeness (QED) is 0.113. The van der Waals surface area contributed by atoms with Crippen molar-refractivity contribution in [2.24, 2.45) is 39.6 Å². The minimum absolute atomic E-state index is 0.0678. The Bertz CT molecular complexity index is 731. The molecule has 3 rings (SSSR count). The van der Waals surface area contributed by atoms with Gasteiger partial charge in [-0.1, -0.05) is 0 Å². The molecule has 3 aliphatic rings. The Hall–Kier alpha value is -1.21. The monoisotopic (exact) mass is 508 g/mol. The standard InChI is InChI=1S/C20H40N6O9/c1-5(27)16-15(32)14(31)10(23)19(34-16)35-17-8(22)3-7(21)12(29)18(17)33-9-2-6(4-26-20(24)25)11(28)13(9)30/h5-19,27-32H,2-4,21-23H2,1H3,(H4,24,25,26)/t5-,6-,7-,8?,9-,10?,11+,12?,13?,14-,15+,16?,17-,18-,19-/m1/s1. The van der Waals surface area contributed by atoms with Gasteiger partial charge in [0.25, 0.3) is 0 Å². The highest BCUT2D eigenvalue weighted by Crippen LogP contribution is 2.35. The molecule has 15 heteroatoms. The van der Waals surface area contributed by atoms with E-state index in [1.807, 2.05) is 0 Å². The number of nitrogens with zero attached hydrogens (tertiary/aromatic N) is 1. The molecule has 1 saturated heterocycles. The summed E-state index contributed by atoms with van der Waals surface area (Å²) >= 11 is 0. The van der Waals surface area contributed by atoms with Gasteiger partial charge in [0, 0.05) is 24.5 Å². The van der Waals surface area contributed by atoms with Gasteiger partial charge in [0.15, 0.2) is 12.2 Å². The average Bonchev–Trinajstić information content (AvgIpc) is 3.05. The van der Waals surface area contributed by atoms with Crippen LogP contribution in [0.1, 0.15) is 19.8 Å². The lowest BCUT2D eigenvalue weighted by molar-refractivity contribution is -0.307. The Morgan fingerprint density at radius 1 is 0.886 bits per heavy atom. The number of hydrogen-bond acceptors (Lipinski definition) is 13. The molecule has 0 bridgehead atoms. The summed E-state index contributed by atoms with van der Waals surface area (Å²) in [5.41, 5.74) is 29.0. The number of aliphatic imine (C=N–C) groups is 1. The lowest BCUT2D eigenvalue weighted by atomic mass is 9.84. The van der Waals surface area contributed by atoms with Crippen LogP contribution in [0.25, 0.3) is 0 Å². The highest BCUT2D eigenvalue weighted by Gasteiger charge is 2.52. The number of aliphatic hydroxyl groups excluding tert-OH is 6. The Kier molecular flexibility index (Phi) is 9.28. The van der Waals surface area contributed by atoms with Crippen molar-refractivity contribution in [1.82, 2.24) is 0 Å². The average molecular weight is 509 g/mol. The van der Waals surface area contributed by atoms with E-state index < -0.39 is 91.4 Å². The summed E-state index contributed by atoms with van der Waals surface area (Å²) in [7, 11) is 0. The second-order valence-electron chi connectivity index (χ2n) is 9.80. The molecule has 0 radical (unpaired) electrons. The van der Waals surface area contributed by atoms with E-state index in [0.717, 1.165) is 0 Å². The third kappa shape index (κ3) is 6.03. The van der Waals surface area contributed by atoms with Gasteiger partial charge in [0.1, 0.15) is 36.6 Å². The van der Waals surface area contributed by atoms with Gasteiger partial charge in [-0.3, -0.25) is 4.99 Å². The zero-order valence-electron chi connectivity index (χ0n) is 19.5. The molecule has 0 aromatic rings. The molecule has 0 amide bonds. The summed E-state index contributed by atoms with van der Waals surface area (Å²) in [5, 5.41) is 62.2. The van der Waals surface area contributed by atoms with Gasteiger partial charge < -0.3 is 73.5 Å². The summed E-state index contributed by atoms with van der Waals surface area (Å²) in [6.45, 7) is 1.44. The van der Waals surface area contributed by atoms with E-state index in [0.29, 0.717) is 0 Å². The van der Waals surface area contributed by atoms with Crippen molar-refractivity contribution in [3.05, 3.63) is 0 Å². The Morgan fingerprint density at radius 3 is 2.14 bits per heavy atom. The first-order chi connectivity index (χ1) is 16.3. The van der Waals surface area contributed by atoms with Crippen molar-refractivity contribution >= 4 is 5.96 Å². The number of ether oxygens (including phenoxy) is 3. The molecule has 15 atom stereocenters. The van der Waals surface area contributed by atoms with Crippen molar-refractivity contribution in [3.8, 4) is 0 Å². The van der Waals surface area contributed by atoms with Crippen molar-refractivity contribution in [1.29, 1.82) is 0 Å². The van der Waals surface area contributed by atoms with Crippen LogP contribution < -0.4 is 28.7 Å². The van der Waals surface area contributed by atoms with E-state index in [1.165, 1.54) is 6.92 Å². The number of aliphatic hydroxyl groups is 6. The van der Waals surface area contributed by atoms with Crippen LogP contribution in [0, 0.1) is 5.92 Å². The molecule has 3 fully saturated rings. The molecule has 5 unspecified atom stereocenters. The summed E-state index contributed by atoms with van der Waals surface area (Å²) < 4.78 is 17.6. The smallest absolute Gasteiger partial charge is 0.185 e. The molecule has 1 aliphatic heterocycles. The normalized spacial score (nSPS) is 49.5. The van der Waals surface area contributed by atoms with Crippen LogP contribution in [0.2, 0.25) is 0 Å². The molecular weight excluding hydrogens is 468 g/mol. The van der Waals surface area contributed by atoms with Crippen molar-refractivity contribution in [2.75, 3.05) is 6.54 Å². The number of rotatable bonds is 7. The first-order valence-corrected chi connectivity index (χ1v) is 11.7. The third-order valence-electron chi connectivity index (χ3n) is 7.11. The molecule has 15 nitrogen and oxygen atoms in total. The Labute approximate surface area is 202 Å². The van der Waals surface area contributed by atoms with Crippen LogP contribution in [0.15, 0.2) is 4.99 Å². The second-order valence-corrected chi connectivity index (χ2v) is 9.80. The van der Waals surface area contributed by atoms with Crippen LogP contribution >= 0.6 is 0 Å². The zero-order valence-corrected chi connectivity index (χ0v) is 19.5. The van der Waals surface area contributed by atoms with Crippen LogP contribution in [0.4, 0.5) is 0 Å². The highest BCUT2D eigenvalue weighted by atomic mass is 16.7. The molecular formula is C20H40N6O9. The largest absolute Gasteiger partial charge is 0.391 e. The fraction of sp³-hybridized carbons (Fsp3) is 0.950. The van der Waals surface area contributed by atoms with E-state index in [4.69, 9.17) is 42.9 Å². The minimum Gasteiger partial charge on any atom is -0.391 e.